The lowest BCUT2D eigenvalue weighted by molar-refractivity contribution is 0.0528. The van der Waals surface area contributed by atoms with E-state index in [-0.39, 0.29) is 5.75 Å². The van der Waals surface area contributed by atoms with Crippen LogP contribution in [0.5, 0.6) is 5.75 Å². The van der Waals surface area contributed by atoms with Crippen molar-refractivity contribution in [1.82, 2.24) is 5.32 Å². The summed E-state index contributed by atoms with van der Waals surface area (Å²) in [6, 6.07) is 14.3. The first-order chi connectivity index (χ1) is 11.8. The summed E-state index contributed by atoms with van der Waals surface area (Å²) < 4.78 is 24.6. The summed E-state index contributed by atoms with van der Waals surface area (Å²) in [4.78, 5) is 11.6. The Morgan fingerprint density at radius 3 is 2.48 bits per heavy atom. The second-order valence-corrected chi connectivity index (χ2v) is 6.72. The lowest BCUT2D eigenvalue weighted by Gasteiger charge is -2.19. The average molecular weight is 344 g/mol. The van der Waals surface area contributed by atoms with Crippen LogP contribution in [-0.4, -0.2) is 18.2 Å². The van der Waals surface area contributed by atoms with Gasteiger partial charge in [0.1, 0.15) is 12.2 Å². The van der Waals surface area contributed by atoms with E-state index in [1.165, 1.54) is 6.07 Å². The van der Waals surface area contributed by atoms with Crippen molar-refractivity contribution in [3.05, 3.63) is 65.5 Å². The molecule has 0 spiro atoms. The Morgan fingerprint density at radius 1 is 1.08 bits per heavy atom. The van der Waals surface area contributed by atoms with Gasteiger partial charge < -0.3 is 14.8 Å². The van der Waals surface area contributed by atoms with Gasteiger partial charge in [-0.25, -0.2) is 9.18 Å². The second-order valence-electron chi connectivity index (χ2n) is 6.72. The summed E-state index contributed by atoms with van der Waals surface area (Å²) in [5, 5.41) is 2.68. The van der Waals surface area contributed by atoms with Gasteiger partial charge >= 0.3 is 6.09 Å². The van der Waals surface area contributed by atoms with Crippen molar-refractivity contribution in [2.75, 3.05) is 6.54 Å². The van der Waals surface area contributed by atoms with Crippen LogP contribution >= 0.6 is 0 Å². The fourth-order valence-corrected chi connectivity index (χ4v) is 2.17. The van der Waals surface area contributed by atoms with Crippen LogP contribution in [0, 0.1) is 5.82 Å². The molecule has 0 radical (unpaired) electrons. The number of alkyl carbamates (subject to hydrolysis) is 1. The first-order valence-electron chi connectivity index (χ1n) is 8.25. The summed E-state index contributed by atoms with van der Waals surface area (Å²) in [5.41, 5.74) is 1.32. The molecule has 0 aliphatic carbocycles. The Kier molecular flexibility index (Phi) is 6.39. The standard InChI is InChI=1S/C20H24FNO3/c1-20(2,3)25-19(23)22-12-11-15-9-10-17(21)18(13-15)24-14-16-7-5-4-6-8-16/h4-10,13H,11-12,14H2,1-3H3,(H,22,23)/i21-1. The SMILES string of the molecule is CC(C)(C)OC(=O)NCCc1ccc([18F])c(OCc2ccccc2)c1. The molecule has 0 fully saturated rings. The van der Waals surface area contributed by atoms with Crippen LogP contribution < -0.4 is 10.1 Å². The molecule has 0 aliphatic rings. The van der Waals surface area contributed by atoms with E-state index < -0.39 is 17.5 Å². The molecule has 0 bridgehead atoms. The topological polar surface area (TPSA) is 47.6 Å². The monoisotopic (exact) mass is 344 g/mol. The third-order valence-electron chi connectivity index (χ3n) is 3.31. The molecule has 2 aromatic rings. The van der Waals surface area contributed by atoms with Crippen molar-refractivity contribution in [1.29, 1.82) is 0 Å². The molecule has 0 saturated heterocycles. The molecule has 0 saturated carbocycles. The minimum absolute atomic E-state index is 0.207. The number of rotatable bonds is 6. The van der Waals surface area contributed by atoms with E-state index in [4.69, 9.17) is 9.47 Å². The van der Waals surface area contributed by atoms with Gasteiger partial charge in [-0.15, -0.1) is 0 Å². The Balaban J connectivity index is 1.87. The molecule has 25 heavy (non-hydrogen) atoms. The average Bonchev–Trinajstić information content (AvgIpc) is 2.54. The lowest BCUT2D eigenvalue weighted by atomic mass is 10.1. The molecule has 2 rings (SSSR count). The van der Waals surface area contributed by atoms with E-state index in [1.54, 1.807) is 12.1 Å². The van der Waals surface area contributed by atoms with E-state index in [0.717, 1.165) is 11.1 Å². The van der Waals surface area contributed by atoms with Crippen LogP contribution in [0.3, 0.4) is 0 Å². The number of hydrogen-bond acceptors (Lipinski definition) is 3. The maximum absolute atomic E-state index is 13.9. The number of nitrogens with one attached hydrogen (secondary N) is 1. The van der Waals surface area contributed by atoms with Gasteiger partial charge in [0.25, 0.3) is 0 Å². The lowest BCUT2D eigenvalue weighted by Crippen LogP contribution is -2.33. The van der Waals surface area contributed by atoms with E-state index in [1.807, 2.05) is 51.1 Å². The third-order valence-corrected chi connectivity index (χ3v) is 3.31. The minimum atomic E-state index is -0.529. The van der Waals surface area contributed by atoms with Crippen molar-refractivity contribution < 1.29 is 18.7 Å². The number of amides is 1. The van der Waals surface area contributed by atoms with Gasteiger partial charge in [-0.05, 0) is 50.5 Å². The minimum Gasteiger partial charge on any atom is -0.486 e. The van der Waals surface area contributed by atoms with E-state index in [9.17, 15) is 9.18 Å². The summed E-state index contributed by atoms with van der Waals surface area (Å²) in [6.07, 6.45) is 0.0940. The molecule has 5 heteroatoms. The zero-order valence-corrected chi connectivity index (χ0v) is 14.8. The first kappa shape index (κ1) is 18.8. The van der Waals surface area contributed by atoms with E-state index in [0.29, 0.717) is 19.6 Å². The first-order valence-corrected chi connectivity index (χ1v) is 8.25. The normalized spacial score (nSPS) is 11.0. The summed E-state index contributed by atoms with van der Waals surface area (Å²) in [5.74, 6) is -0.196. The smallest absolute Gasteiger partial charge is 0.407 e. The van der Waals surface area contributed by atoms with Gasteiger partial charge in [0.05, 0.1) is 0 Å². The Bertz CT molecular complexity index is 696. The molecule has 0 atom stereocenters. The number of ether oxygens (including phenoxy) is 2. The van der Waals surface area contributed by atoms with Crippen molar-refractivity contribution >= 4 is 6.09 Å². The van der Waals surface area contributed by atoms with Gasteiger partial charge in [-0.3, -0.25) is 0 Å². The Hall–Kier alpha value is -2.56. The molecule has 0 aromatic heterocycles. The molecular weight excluding hydrogens is 320 g/mol. The predicted molar refractivity (Wildman–Crippen MR) is 95.1 cm³/mol. The van der Waals surface area contributed by atoms with E-state index in [2.05, 4.69) is 5.32 Å². The number of benzene rings is 2. The summed E-state index contributed by atoms with van der Waals surface area (Å²) in [7, 11) is 0. The fourth-order valence-electron chi connectivity index (χ4n) is 2.17. The highest BCUT2D eigenvalue weighted by Crippen LogP contribution is 2.20. The van der Waals surface area contributed by atoms with Crippen LogP contribution in [0.1, 0.15) is 31.9 Å². The molecule has 1 amide bonds. The molecule has 4 nitrogen and oxygen atoms in total. The van der Waals surface area contributed by atoms with Crippen LogP contribution in [0.25, 0.3) is 0 Å². The number of carbonyl (C=O) groups excluding carboxylic acids is 1. The molecule has 1 N–H and O–H groups in total. The number of hydrogen-bond donors (Lipinski definition) is 1. The third kappa shape index (κ3) is 6.83. The van der Waals surface area contributed by atoms with Gasteiger partial charge in [0, 0.05) is 6.54 Å². The predicted octanol–water partition coefficient (Wildman–Crippen LogP) is 4.47. The molecule has 2 aromatic carbocycles. The highest BCUT2D eigenvalue weighted by atomic mass is 18.2. The van der Waals surface area contributed by atoms with Crippen LogP contribution in [0.2, 0.25) is 0 Å². The van der Waals surface area contributed by atoms with Gasteiger partial charge in [0.15, 0.2) is 11.6 Å². The molecule has 0 heterocycles. The maximum Gasteiger partial charge on any atom is 0.407 e. The van der Waals surface area contributed by atoms with Crippen LogP contribution in [-0.2, 0) is 17.8 Å². The number of halogens is 1. The molecular formula is C20H24FNO3. The Labute approximate surface area is 148 Å². The number of carbonyl (C=O) groups is 1. The molecule has 0 aliphatic heterocycles. The zero-order valence-electron chi connectivity index (χ0n) is 14.8. The van der Waals surface area contributed by atoms with Gasteiger partial charge in [0.2, 0.25) is 0 Å². The quantitative estimate of drug-likeness (QED) is 0.841. The van der Waals surface area contributed by atoms with Crippen LogP contribution in [0.15, 0.2) is 48.5 Å². The van der Waals surface area contributed by atoms with Crippen molar-refractivity contribution in [3.8, 4) is 5.75 Å². The summed E-state index contributed by atoms with van der Waals surface area (Å²) in [6.45, 7) is 6.13. The summed E-state index contributed by atoms with van der Waals surface area (Å²) >= 11 is 0. The molecule has 0 unspecified atom stereocenters. The second kappa shape index (κ2) is 8.51. The fraction of sp³-hybridized carbons (Fsp3) is 0.350. The zero-order chi connectivity index (χ0) is 18.3. The van der Waals surface area contributed by atoms with Crippen LogP contribution in [0.4, 0.5) is 9.18 Å². The van der Waals surface area contributed by atoms with Gasteiger partial charge in [-0.2, -0.15) is 0 Å². The Morgan fingerprint density at radius 2 is 1.80 bits per heavy atom. The maximum atomic E-state index is 13.9. The largest absolute Gasteiger partial charge is 0.486 e. The van der Waals surface area contributed by atoms with Crippen molar-refractivity contribution in [3.63, 3.8) is 0 Å². The van der Waals surface area contributed by atoms with Crippen molar-refractivity contribution in [2.45, 2.75) is 39.4 Å². The highest BCUT2D eigenvalue weighted by molar-refractivity contribution is 5.67. The van der Waals surface area contributed by atoms with Gasteiger partial charge in [-0.1, -0.05) is 36.4 Å². The van der Waals surface area contributed by atoms with E-state index >= 15 is 0 Å². The van der Waals surface area contributed by atoms with Crippen molar-refractivity contribution in [2.24, 2.45) is 0 Å². The molecule has 134 valence electrons. The highest BCUT2D eigenvalue weighted by Gasteiger charge is 2.15.